The van der Waals surface area contributed by atoms with Crippen molar-refractivity contribution in [2.75, 3.05) is 6.61 Å². The molecule has 1 aliphatic heterocycles. The Hall–Kier alpha value is -1.95. The van der Waals surface area contributed by atoms with E-state index in [-0.39, 0.29) is 16.6 Å². The van der Waals surface area contributed by atoms with Gasteiger partial charge in [-0.05, 0) is 31.7 Å². The van der Waals surface area contributed by atoms with E-state index in [1.54, 1.807) is 16.8 Å². The minimum atomic E-state index is -0.0593. The lowest BCUT2D eigenvalue weighted by Gasteiger charge is -2.43. The summed E-state index contributed by atoms with van der Waals surface area (Å²) in [7, 11) is 0. The molecule has 3 heterocycles. The molecule has 6 nitrogen and oxygen atoms in total. The second-order valence-electron chi connectivity index (χ2n) is 6.71. The summed E-state index contributed by atoms with van der Waals surface area (Å²) in [5.74, 6) is 1.80. The SMILES string of the molecule is O=c1ccccn1Cc1noc([C@]23C[C@H]2COC32CCC2)n1. The standard InChI is InChI=1S/C16H17N3O3/c20-13-4-1-2-7-19(13)9-12-17-14(22-18-12)16-8-11(16)10-21-15(16)5-3-6-15/h1-2,4,7,11H,3,5-6,8-10H2/t11-,16-/m0/s1. The lowest BCUT2D eigenvalue weighted by molar-refractivity contribution is -0.0960. The van der Waals surface area contributed by atoms with Crippen LogP contribution in [0.4, 0.5) is 0 Å². The quantitative estimate of drug-likeness (QED) is 0.859. The summed E-state index contributed by atoms with van der Waals surface area (Å²) in [5.41, 5.74) is -0.153. The van der Waals surface area contributed by atoms with Crippen molar-refractivity contribution in [3.05, 3.63) is 46.5 Å². The second-order valence-corrected chi connectivity index (χ2v) is 6.71. The van der Waals surface area contributed by atoms with Crippen molar-refractivity contribution in [3.63, 3.8) is 0 Å². The zero-order valence-electron chi connectivity index (χ0n) is 12.2. The van der Waals surface area contributed by atoms with E-state index in [0.29, 0.717) is 24.2 Å². The number of nitrogens with zero attached hydrogens (tertiary/aromatic N) is 3. The van der Waals surface area contributed by atoms with Crippen molar-refractivity contribution in [1.29, 1.82) is 0 Å². The number of ether oxygens (including phenoxy) is 1. The average Bonchev–Trinajstić information content (AvgIpc) is 2.89. The fraction of sp³-hybridized carbons (Fsp3) is 0.562. The summed E-state index contributed by atoms with van der Waals surface area (Å²) < 4.78 is 13.2. The molecule has 2 aliphatic carbocycles. The average molecular weight is 299 g/mol. The highest BCUT2D eigenvalue weighted by molar-refractivity contribution is 5.34. The molecular weight excluding hydrogens is 282 g/mol. The Morgan fingerprint density at radius 2 is 2.27 bits per heavy atom. The molecule has 1 spiro atoms. The topological polar surface area (TPSA) is 70.2 Å². The monoisotopic (exact) mass is 299 g/mol. The lowest BCUT2D eigenvalue weighted by Crippen LogP contribution is -2.48. The molecule has 1 saturated heterocycles. The van der Waals surface area contributed by atoms with E-state index in [0.717, 1.165) is 25.9 Å². The fourth-order valence-electron chi connectivity index (χ4n) is 4.27. The molecule has 0 bridgehead atoms. The molecule has 2 atom stereocenters. The molecule has 2 aromatic rings. The predicted molar refractivity (Wildman–Crippen MR) is 76.4 cm³/mol. The van der Waals surface area contributed by atoms with E-state index in [2.05, 4.69) is 10.1 Å². The molecule has 3 aliphatic rings. The maximum atomic E-state index is 11.8. The molecule has 2 saturated carbocycles. The highest BCUT2D eigenvalue weighted by Crippen LogP contribution is 2.71. The van der Waals surface area contributed by atoms with E-state index in [1.807, 2.05) is 6.07 Å². The van der Waals surface area contributed by atoms with Gasteiger partial charge in [-0.25, -0.2) is 0 Å². The highest BCUT2D eigenvalue weighted by Gasteiger charge is 2.77. The van der Waals surface area contributed by atoms with Crippen LogP contribution in [0.15, 0.2) is 33.7 Å². The first-order valence-electron chi connectivity index (χ1n) is 7.86. The first-order chi connectivity index (χ1) is 10.7. The van der Waals surface area contributed by atoms with Crippen LogP contribution in [0.25, 0.3) is 0 Å². The zero-order chi connectivity index (χ0) is 14.8. The van der Waals surface area contributed by atoms with E-state index in [9.17, 15) is 4.79 Å². The van der Waals surface area contributed by atoms with Crippen molar-refractivity contribution in [2.45, 2.75) is 43.2 Å². The molecule has 6 heteroatoms. The number of rotatable bonds is 3. The van der Waals surface area contributed by atoms with Crippen LogP contribution < -0.4 is 5.56 Å². The summed E-state index contributed by atoms with van der Waals surface area (Å²) >= 11 is 0. The van der Waals surface area contributed by atoms with Crippen LogP contribution in [0.5, 0.6) is 0 Å². The third-order valence-electron chi connectivity index (χ3n) is 5.70. The number of pyridine rings is 1. The van der Waals surface area contributed by atoms with E-state index < -0.39 is 0 Å². The van der Waals surface area contributed by atoms with Gasteiger partial charge in [-0.2, -0.15) is 4.98 Å². The Bertz CT molecular complexity index is 792. The van der Waals surface area contributed by atoms with Crippen molar-refractivity contribution >= 4 is 0 Å². The van der Waals surface area contributed by atoms with Gasteiger partial charge in [0.25, 0.3) is 5.56 Å². The van der Waals surface area contributed by atoms with Crippen LogP contribution in [-0.4, -0.2) is 26.9 Å². The number of hydrogen-bond acceptors (Lipinski definition) is 5. The highest BCUT2D eigenvalue weighted by atomic mass is 16.5. The number of hydrogen-bond donors (Lipinski definition) is 0. The third-order valence-corrected chi connectivity index (χ3v) is 5.70. The van der Waals surface area contributed by atoms with Gasteiger partial charge >= 0.3 is 0 Å². The van der Waals surface area contributed by atoms with Gasteiger partial charge in [-0.15, -0.1) is 0 Å². The van der Waals surface area contributed by atoms with Gasteiger partial charge in [0, 0.05) is 18.2 Å². The van der Waals surface area contributed by atoms with Crippen molar-refractivity contribution in [2.24, 2.45) is 5.92 Å². The van der Waals surface area contributed by atoms with E-state index in [1.165, 1.54) is 12.5 Å². The Morgan fingerprint density at radius 3 is 3.00 bits per heavy atom. The maximum absolute atomic E-state index is 11.8. The minimum Gasteiger partial charge on any atom is -0.374 e. The Morgan fingerprint density at radius 1 is 1.36 bits per heavy atom. The second kappa shape index (κ2) is 4.07. The van der Waals surface area contributed by atoms with Crippen LogP contribution in [0, 0.1) is 5.92 Å². The van der Waals surface area contributed by atoms with Gasteiger partial charge < -0.3 is 13.8 Å². The Labute approximate surface area is 127 Å². The summed E-state index contributed by atoms with van der Waals surface area (Å²) in [4.78, 5) is 16.4. The molecule has 22 heavy (non-hydrogen) atoms. The normalized spacial score (nSPS) is 31.0. The Balaban J connectivity index is 1.46. The Kier molecular flexibility index (Phi) is 2.33. The molecule has 0 N–H and O–H groups in total. The van der Waals surface area contributed by atoms with E-state index >= 15 is 0 Å². The summed E-state index contributed by atoms with van der Waals surface area (Å²) in [6.45, 7) is 1.16. The van der Waals surface area contributed by atoms with Gasteiger partial charge in [-0.3, -0.25) is 4.79 Å². The fourth-order valence-corrected chi connectivity index (χ4v) is 4.27. The van der Waals surface area contributed by atoms with Crippen molar-refractivity contribution < 1.29 is 9.26 Å². The van der Waals surface area contributed by atoms with Crippen LogP contribution in [0.3, 0.4) is 0 Å². The third kappa shape index (κ3) is 1.46. The molecule has 114 valence electrons. The minimum absolute atomic E-state index is 0.0435. The lowest BCUT2D eigenvalue weighted by atomic mass is 9.68. The van der Waals surface area contributed by atoms with Crippen LogP contribution >= 0.6 is 0 Å². The summed E-state index contributed by atoms with van der Waals surface area (Å²) in [5, 5.41) is 4.09. The van der Waals surface area contributed by atoms with Gasteiger partial charge in [0.05, 0.1) is 24.2 Å². The summed E-state index contributed by atoms with van der Waals surface area (Å²) in [6, 6.07) is 5.08. The molecule has 2 aromatic heterocycles. The van der Waals surface area contributed by atoms with Gasteiger partial charge in [-0.1, -0.05) is 11.2 Å². The van der Waals surface area contributed by atoms with Crippen molar-refractivity contribution in [1.82, 2.24) is 14.7 Å². The van der Waals surface area contributed by atoms with Crippen LogP contribution in [-0.2, 0) is 16.7 Å². The molecule has 5 rings (SSSR count). The largest absolute Gasteiger partial charge is 0.374 e. The number of fused-ring (bicyclic) bond motifs is 2. The molecule has 0 amide bonds. The molecule has 0 radical (unpaired) electrons. The van der Waals surface area contributed by atoms with Crippen LogP contribution in [0.2, 0.25) is 0 Å². The van der Waals surface area contributed by atoms with Gasteiger partial charge in [0.1, 0.15) is 0 Å². The van der Waals surface area contributed by atoms with Gasteiger partial charge in [0.2, 0.25) is 5.89 Å². The predicted octanol–water partition coefficient (Wildman–Crippen LogP) is 1.49. The number of aromatic nitrogens is 3. The zero-order valence-corrected chi connectivity index (χ0v) is 12.2. The first kappa shape index (κ1) is 12.6. The maximum Gasteiger partial charge on any atom is 0.250 e. The molecule has 3 fully saturated rings. The smallest absolute Gasteiger partial charge is 0.250 e. The molecule has 0 unspecified atom stereocenters. The first-order valence-corrected chi connectivity index (χ1v) is 7.86. The van der Waals surface area contributed by atoms with Gasteiger partial charge in [0.15, 0.2) is 5.82 Å². The van der Waals surface area contributed by atoms with Crippen molar-refractivity contribution in [3.8, 4) is 0 Å². The van der Waals surface area contributed by atoms with E-state index in [4.69, 9.17) is 9.26 Å². The molecule has 0 aromatic carbocycles. The van der Waals surface area contributed by atoms with Crippen LogP contribution in [0.1, 0.15) is 37.4 Å². The molecular formula is C16H17N3O3. The summed E-state index contributed by atoms with van der Waals surface area (Å²) in [6.07, 6.45) is 6.25.